The Hall–Kier alpha value is -1.84. The van der Waals surface area contributed by atoms with Gasteiger partial charge in [0.05, 0.1) is 12.6 Å². The first-order valence-electron chi connectivity index (χ1n) is 7.60. The van der Waals surface area contributed by atoms with Crippen LogP contribution in [0.2, 0.25) is 0 Å². The molecule has 0 fully saturated rings. The van der Waals surface area contributed by atoms with Crippen LogP contribution in [0.5, 0.6) is 5.75 Å². The number of ether oxygens (including phenoxy) is 1. The molecule has 3 N–H and O–H groups in total. The highest BCUT2D eigenvalue weighted by Crippen LogP contribution is 2.36. The summed E-state index contributed by atoms with van der Waals surface area (Å²) in [6.07, 6.45) is 2.02. The number of nitrogens with two attached hydrogens (primary N) is 1. The Labute approximate surface area is 126 Å². The second-order valence-corrected chi connectivity index (χ2v) is 5.54. The van der Waals surface area contributed by atoms with Crippen molar-refractivity contribution in [1.82, 2.24) is 5.43 Å². The lowest BCUT2D eigenvalue weighted by molar-refractivity contribution is 0.356. The molecule has 2 atom stereocenters. The van der Waals surface area contributed by atoms with Crippen molar-refractivity contribution in [3.05, 3.63) is 65.2 Å². The number of hydrogen-bond donors (Lipinski definition) is 2. The lowest BCUT2D eigenvalue weighted by atomic mass is 9.85. The zero-order chi connectivity index (χ0) is 14.7. The van der Waals surface area contributed by atoms with E-state index in [9.17, 15) is 0 Å². The summed E-state index contributed by atoms with van der Waals surface area (Å²) in [5.74, 6) is 7.26. The Balaban J connectivity index is 1.93. The molecule has 3 rings (SSSR count). The molecule has 0 saturated carbocycles. The number of nitrogens with one attached hydrogen (secondary N) is 1. The molecular formula is C18H22N2O. The van der Waals surface area contributed by atoms with Crippen LogP contribution < -0.4 is 16.0 Å². The van der Waals surface area contributed by atoms with Crippen molar-refractivity contribution >= 4 is 0 Å². The molecule has 0 bridgehead atoms. The van der Waals surface area contributed by atoms with E-state index >= 15 is 0 Å². The lowest BCUT2D eigenvalue weighted by Crippen LogP contribution is -2.32. The average Bonchev–Trinajstić information content (AvgIpc) is 3.00. The van der Waals surface area contributed by atoms with Crippen LogP contribution in [0.1, 0.15) is 42.0 Å². The maximum absolute atomic E-state index is 5.88. The quantitative estimate of drug-likeness (QED) is 0.653. The van der Waals surface area contributed by atoms with E-state index in [4.69, 9.17) is 10.6 Å². The minimum Gasteiger partial charge on any atom is -0.493 e. The van der Waals surface area contributed by atoms with Crippen LogP contribution in [0.25, 0.3) is 0 Å². The van der Waals surface area contributed by atoms with Gasteiger partial charge in [-0.15, -0.1) is 0 Å². The molecule has 3 heteroatoms. The minimum atomic E-state index is 0.114. The Kier molecular flexibility index (Phi) is 4.23. The summed E-state index contributed by atoms with van der Waals surface area (Å²) in [6, 6.07) is 17.1. The van der Waals surface area contributed by atoms with Gasteiger partial charge in [0, 0.05) is 12.3 Å². The fraction of sp³-hybridized carbons (Fsp3) is 0.333. The zero-order valence-electron chi connectivity index (χ0n) is 12.4. The van der Waals surface area contributed by atoms with Crippen molar-refractivity contribution in [2.24, 2.45) is 5.84 Å². The van der Waals surface area contributed by atoms with Crippen LogP contribution in [-0.4, -0.2) is 6.61 Å². The largest absolute Gasteiger partial charge is 0.493 e. The van der Waals surface area contributed by atoms with E-state index in [0.717, 1.165) is 25.2 Å². The summed E-state index contributed by atoms with van der Waals surface area (Å²) in [5.41, 5.74) is 6.86. The molecule has 0 radical (unpaired) electrons. The summed E-state index contributed by atoms with van der Waals surface area (Å²) in [7, 11) is 0. The van der Waals surface area contributed by atoms with Crippen LogP contribution in [0.3, 0.4) is 0 Å². The smallest absolute Gasteiger partial charge is 0.122 e. The maximum Gasteiger partial charge on any atom is 0.122 e. The highest BCUT2D eigenvalue weighted by molar-refractivity contribution is 5.41. The fourth-order valence-electron chi connectivity index (χ4n) is 3.21. The summed E-state index contributed by atoms with van der Waals surface area (Å²) >= 11 is 0. The molecule has 0 aromatic heterocycles. The van der Waals surface area contributed by atoms with Crippen LogP contribution in [0, 0.1) is 0 Å². The van der Waals surface area contributed by atoms with E-state index in [1.807, 2.05) is 6.07 Å². The van der Waals surface area contributed by atoms with Gasteiger partial charge in [0.25, 0.3) is 0 Å². The highest BCUT2D eigenvalue weighted by atomic mass is 16.5. The van der Waals surface area contributed by atoms with E-state index in [1.54, 1.807) is 0 Å². The van der Waals surface area contributed by atoms with Crippen molar-refractivity contribution in [3.63, 3.8) is 0 Å². The average molecular weight is 282 g/mol. The molecule has 0 spiro atoms. The van der Waals surface area contributed by atoms with E-state index in [2.05, 4.69) is 54.8 Å². The normalized spacial score (nSPS) is 16.1. The Morgan fingerprint density at radius 3 is 2.67 bits per heavy atom. The highest BCUT2D eigenvalue weighted by Gasteiger charge is 2.24. The molecule has 1 heterocycles. The van der Waals surface area contributed by atoms with Gasteiger partial charge in [-0.05, 0) is 29.2 Å². The molecule has 2 unspecified atom stereocenters. The topological polar surface area (TPSA) is 47.3 Å². The Morgan fingerprint density at radius 1 is 1.14 bits per heavy atom. The molecule has 3 nitrogen and oxygen atoms in total. The molecule has 0 aliphatic carbocycles. The minimum absolute atomic E-state index is 0.114. The van der Waals surface area contributed by atoms with E-state index in [1.165, 1.54) is 16.7 Å². The summed E-state index contributed by atoms with van der Waals surface area (Å²) in [5, 5.41) is 0. The lowest BCUT2D eigenvalue weighted by Gasteiger charge is -2.27. The van der Waals surface area contributed by atoms with Crippen LogP contribution >= 0.6 is 0 Å². The van der Waals surface area contributed by atoms with E-state index < -0.39 is 0 Å². The van der Waals surface area contributed by atoms with Gasteiger partial charge in [0.2, 0.25) is 0 Å². The van der Waals surface area contributed by atoms with Gasteiger partial charge in [-0.25, -0.2) is 0 Å². The second-order valence-electron chi connectivity index (χ2n) is 5.54. The van der Waals surface area contributed by atoms with E-state index in [-0.39, 0.29) is 6.04 Å². The van der Waals surface area contributed by atoms with Gasteiger partial charge >= 0.3 is 0 Å². The third-order valence-electron chi connectivity index (χ3n) is 4.32. The molecule has 0 saturated heterocycles. The monoisotopic (exact) mass is 282 g/mol. The second kappa shape index (κ2) is 6.29. The van der Waals surface area contributed by atoms with Crippen molar-refractivity contribution in [2.45, 2.75) is 31.7 Å². The summed E-state index contributed by atoms with van der Waals surface area (Å²) < 4.78 is 5.59. The summed E-state index contributed by atoms with van der Waals surface area (Å²) in [4.78, 5) is 0. The molecule has 1 aliphatic rings. The Bertz CT molecular complexity index is 597. The van der Waals surface area contributed by atoms with Gasteiger partial charge < -0.3 is 4.74 Å². The first kappa shape index (κ1) is 14.1. The first-order chi connectivity index (χ1) is 10.3. The van der Waals surface area contributed by atoms with Gasteiger partial charge in [-0.1, -0.05) is 49.4 Å². The first-order valence-corrected chi connectivity index (χ1v) is 7.60. The molecule has 21 heavy (non-hydrogen) atoms. The fourth-order valence-corrected chi connectivity index (χ4v) is 3.21. The number of fused-ring (bicyclic) bond motifs is 1. The standard InChI is InChI=1S/C18H22N2O/c1-2-16(13-6-4-3-5-7-13)18(20-19)15-8-9-17-14(12-15)10-11-21-17/h3-9,12,16,18,20H,2,10-11,19H2,1H3. The maximum atomic E-state index is 5.88. The molecule has 110 valence electrons. The number of rotatable bonds is 5. The molecule has 2 aromatic rings. The SMILES string of the molecule is CCC(c1ccccc1)C(NN)c1ccc2c(c1)CCO2. The van der Waals surface area contributed by atoms with E-state index in [0.29, 0.717) is 5.92 Å². The van der Waals surface area contributed by atoms with Crippen LogP contribution in [-0.2, 0) is 6.42 Å². The van der Waals surface area contributed by atoms with Crippen molar-refractivity contribution in [2.75, 3.05) is 6.61 Å². The molecule has 2 aromatic carbocycles. The zero-order valence-corrected chi connectivity index (χ0v) is 12.4. The van der Waals surface area contributed by atoms with Crippen LogP contribution in [0.4, 0.5) is 0 Å². The number of benzene rings is 2. The van der Waals surface area contributed by atoms with Crippen molar-refractivity contribution in [3.8, 4) is 5.75 Å². The third kappa shape index (κ3) is 2.80. The summed E-state index contributed by atoms with van der Waals surface area (Å²) in [6.45, 7) is 2.99. The Morgan fingerprint density at radius 2 is 1.95 bits per heavy atom. The number of hydrazine groups is 1. The third-order valence-corrected chi connectivity index (χ3v) is 4.32. The van der Waals surface area contributed by atoms with Gasteiger partial charge in [-0.3, -0.25) is 11.3 Å². The van der Waals surface area contributed by atoms with Crippen molar-refractivity contribution in [1.29, 1.82) is 0 Å². The van der Waals surface area contributed by atoms with Gasteiger partial charge in [0.15, 0.2) is 0 Å². The van der Waals surface area contributed by atoms with Crippen molar-refractivity contribution < 1.29 is 4.74 Å². The van der Waals surface area contributed by atoms with Gasteiger partial charge in [-0.2, -0.15) is 0 Å². The molecule has 0 amide bonds. The van der Waals surface area contributed by atoms with Gasteiger partial charge in [0.1, 0.15) is 5.75 Å². The predicted octanol–water partition coefficient (Wildman–Crippen LogP) is 3.32. The number of hydrogen-bond acceptors (Lipinski definition) is 3. The predicted molar refractivity (Wildman–Crippen MR) is 85.2 cm³/mol. The molecule has 1 aliphatic heterocycles. The van der Waals surface area contributed by atoms with Crippen LogP contribution in [0.15, 0.2) is 48.5 Å². The molecular weight excluding hydrogens is 260 g/mol.